The zero-order chi connectivity index (χ0) is 24.7. The molecule has 5 nitrogen and oxygen atoms in total. The third kappa shape index (κ3) is 4.58. The average molecular weight is 518 g/mol. The van der Waals surface area contributed by atoms with E-state index in [9.17, 15) is 22.8 Å². The van der Waals surface area contributed by atoms with Gasteiger partial charge in [-0.15, -0.1) is 11.3 Å². The largest absolute Gasteiger partial charge is 0.416 e. The van der Waals surface area contributed by atoms with Gasteiger partial charge in [-0.2, -0.15) is 13.2 Å². The van der Waals surface area contributed by atoms with Crippen molar-refractivity contribution in [2.45, 2.75) is 38.4 Å². The second-order valence-electron chi connectivity index (χ2n) is 8.32. The summed E-state index contributed by atoms with van der Waals surface area (Å²) >= 11 is 7.54. The molecule has 4 aromatic rings. The third-order valence-electron chi connectivity index (χ3n) is 5.98. The van der Waals surface area contributed by atoms with Crippen molar-refractivity contribution in [3.8, 4) is 11.4 Å². The first-order chi connectivity index (χ1) is 16.7. The fraction of sp³-hybridized carbons (Fsp3) is 0.240. The number of hydrogen-bond acceptors (Lipinski definition) is 4. The Morgan fingerprint density at radius 2 is 1.86 bits per heavy atom. The Morgan fingerprint density at radius 3 is 2.60 bits per heavy atom. The number of hydrogen-bond donors (Lipinski definition) is 1. The van der Waals surface area contributed by atoms with E-state index >= 15 is 0 Å². The van der Waals surface area contributed by atoms with Crippen LogP contribution in [0.2, 0.25) is 5.02 Å². The summed E-state index contributed by atoms with van der Waals surface area (Å²) in [6.07, 6.45) is -0.880. The maximum Gasteiger partial charge on any atom is 0.416 e. The highest BCUT2D eigenvalue weighted by atomic mass is 35.5. The van der Waals surface area contributed by atoms with Gasteiger partial charge in [0.15, 0.2) is 0 Å². The predicted octanol–water partition coefficient (Wildman–Crippen LogP) is 6.31. The van der Waals surface area contributed by atoms with Crippen LogP contribution < -0.4 is 10.9 Å². The van der Waals surface area contributed by atoms with Gasteiger partial charge in [-0.3, -0.25) is 14.2 Å². The molecule has 0 spiro atoms. The number of benzene rings is 2. The fourth-order valence-electron chi connectivity index (χ4n) is 4.32. The van der Waals surface area contributed by atoms with E-state index in [2.05, 4.69) is 5.32 Å². The number of nitrogens with one attached hydrogen (secondary N) is 1. The first-order valence-electron chi connectivity index (χ1n) is 11.0. The third-order valence-corrected chi connectivity index (χ3v) is 7.49. The molecule has 5 rings (SSSR count). The summed E-state index contributed by atoms with van der Waals surface area (Å²) in [5.74, 6) is -0.359. The van der Waals surface area contributed by atoms with Gasteiger partial charge < -0.3 is 5.32 Å². The van der Waals surface area contributed by atoms with Gasteiger partial charge in [-0.05, 0) is 49.4 Å². The van der Waals surface area contributed by atoms with E-state index in [-0.39, 0.29) is 16.3 Å². The van der Waals surface area contributed by atoms with E-state index in [1.165, 1.54) is 15.9 Å². The Bertz CT molecular complexity index is 1500. The molecular formula is C25H19ClF3N3O2S. The lowest BCUT2D eigenvalue weighted by Crippen LogP contribution is -2.30. The number of aryl methyl sites for hydroxylation is 2. The minimum atomic E-state index is -4.59. The molecule has 0 saturated carbocycles. The highest BCUT2D eigenvalue weighted by molar-refractivity contribution is 7.18. The lowest BCUT2D eigenvalue weighted by Gasteiger charge is -2.15. The van der Waals surface area contributed by atoms with Gasteiger partial charge in [0.2, 0.25) is 5.91 Å². The van der Waals surface area contributed by atoms with E-state index in [1.807, 2.05) is 6.07 Å². The molecule has 10 heteroatoms. The van der Waals surface area contributed by atoms with Crippen LogP contribution in [0.25, 0.3) is 21.6 Å². The normalized spacial score (nSPS) is 13.6. The summed E-state index contributed by atoms with van der Waals surface area (Å²) in [4.78, 5) is 33.2. The number of aromatic nitrogens is 2. The van der Waals surface area contributed by atoms with E-state index in [0.717, 1.165) is 54.3 Å². The summed E-state index contributed by atoms with van der Waals surface area (Å²) in [7, 11) is 0. The summed E-state index contributed by atoms with van der Waals surface area (Å²) in [6, 6.07) is 11.7. The Labute approximate surface area is 207 Å². The van der Waals surface area contributed by atoms with Crippen LogP contribution in [-0.4, -0.2) is 15.5 Å². The molecule has 0 radical (unpaired) electrons. The second kappa shape index (κ2) is 9.13. The fourth-order valence-corrected chi connectivity index (χ4v) is 5.74. The minimum absolute atomic E-state index is 0.0394. The van der Waals surface area contributed by atoms with Gasteiger partial charge in [0, 0.05) is 10.4 Å². The molecular weight excluding hydrogens is 499 g/mol. The number of amides is 1. The van der Waals surface area contributed by atoms with Gasteiger partial charge >= 0.3 is 6.18 Å². The number of alkyl halides is 3. The van der Waals surface area contributed by atoms with Gasteiger partial charge in [0.25, 0.3) is 5.56 Å². The molecule has 180 valence electrons. The van der Waals surface area contributed by atoms with E-state index in [4.69, 9.17) is 16.6 Å². The topological polar surface area (TPSA) is 64.0 Å². The molecule has 0 fully saturated rings. The molecule has 2 heterocycles. The van der Waals surface area contributed by atoms with Gasteiger partial charge in [-0.1, -0.05) is 41.9 Å². The van der Waals surface area contributed by atoms with Crippen LogP contribution in [0.3, 0.4) is 0 Å². The first kappa shape index (κ1) is 23.6. The molecule has 35 heavy (non-hydrogen) atoms. The average Bonchev–Trinajstić information content (AvgIpc) is 3.20. The molecule has 2 aromatic carbocycles. The molecule has 1 aliphatic rings. The lowest BCUT2D eigenvalue weighted by atomic mass is 9.97. The van der Waals surface area contributed by atoms with Crippen molar-refractivity contribution in [3.63, 3.8) is 0 Å². The number of anilines is 1. The number of carbonyl (C=O) groups excluding carboxylic acids is 1. The molecule has 0 saturated heterocycles. The Hall–Kier alpha value is -3.17. The minimum Gasteiger partial charge on any atom is -0.323 e. The Balaban J connectivity index is 1.57. The zero-order valence-electron chi connectivity index (χ0n) is 18.3. The molecule has 2 aromatic heterocycles. The lowest BCUT2D eigenvalue weighted by molar-refractivity contribution is -0.137. The zero-order valence-corrected chi connectivity index (χ0v) is 19.9. The quantitative estimate of drug-likeness (QED) is 0.345. The van der Waals surface area contributed by atoms with E-state index in [1.54, 1.807) is 24.3 Å². The molecule has 1 aliphatic carbocycles. The Morgan fingerprint density at radius 1 is 1.11 bits per heavy atom. The van der Waals surface area contributed by atoms with Crippen molar-refractivity contribution < 1.29 is 18.0 Å². The van der Waals surface area contributed by atoms with Crippen molar-refractivity contribution in [1.29, 1.82) is 0 Å². The number of nitrogens with zero attached hydrogens (tertiary/aromatic N) is 2. The van der Waals surface area contributed by atoms with Crippen molar-refractivity contribution in [3.05, 3.63) is 79.9 Å². The van der Waals surface area contributed by atoms with Crippen molar-refractivity contribution in [2.24, 2.45) is 0 Å². The van der Waals surface area contributed by atoms with Crippen LogP contribution in [0, 0.1) is 0 Å². The maximum absolute atomic E-state index is 13.7. The molecule has 0 bridgehead atoms. The number of carbonyl (C=O) groups is 1. The van der Waals surface area contributed by atoms with Crippen LogP contribution in [0.4, 0.5) is 18.9 Å². The first-order valence-corrected chi connectivity index (χ1v) is 12.2. The van der Waals surface area contributed by atoms with Crippen LogP contribution >= 0.6 is 22.9 Å². The summed E-state index contributed by atoms with van der Waals surface area (Å²) < 4.78 is 40.7. The molecule has 0 atom stereocenters. The number of thiophene rings is 1. The molecule has 1 N–H and O–H groups in total. The Kier molecular flexibility index (Phi) is 6.14. The number of fused-ring (bicyclic) bond motifs is 3. The maximum atomic E-state index is 13.7. The molecule has 0 aliphatic heterocycles. The van der Waals surface area contributed by atoms with Crippen LogP contribution in [0.15, 0.2) is 53.3 Å². The standard InChI is InChI=1S/C25H19ClF3N3O2S/c26-17-11-10-15(25(27,28)29)12-18(17)30-20(33)13-32-22(14-6-2-1-3-7-14)31-23-21(24(32)34)16-8-4-5-9-19(16)35-23/h1-3,6-7,10-12H,4-5,8-9,13H2,(H,30,33). The van der Waals surface area contributed by atoms with E-state index < -0.39 is 24.2 Å². The van der Waals surface area contributed by atoms with Crippen molar-refractivity contribution in [1.82, 2.24) is 9.55 Å². The van der Waals surface area contributed by atoms with E-state index in [0.29, 0.717) is 21.6 Å². The monoisotopic (exact) mass is 517 g/mol. The highest BCUT2D eigenvalue weighted by Crippen LogP contribution is 2.36. The van der Waals surface area contributed by atoms with Crippen molar-refractivity contribution >= 4 is 44.7 Å². The number of rotatable bonds is 4. The summed E-state index contributed by atoms with van der Waals surface area (Å²) in [5, 5.41) is 2.91. The molecule has 1 amide bonds. The van der Waals surface area contributed by atoms with Crippen LogP contribution in [0.1, 0.15) is 28.8 Å². The smallest absolute Gasteiger partial charge is 0.323 e. The number of halogens is 4. The van der Waals surface area contributed by atoms with Crippen LogP contribution in [-0.2, 0) is 30.4 Å². The van der Waals surface area contributed by atoms with Crippen molar-refractivity contribution in [2.75, 3.05) is 5.32 Å². The van der Waals surface area contributed by atoms with Crippen LogP contribution in [0.5, 0.6) is 0 Å². The SMILES string of the molecule is O=C(Cn1c(-c2ccccc2)nc2sc3c(c2c1=O)CCCC3)Nc1cc(C(F)(F)F)ccc1Cl. The summed E-state index contributed by atoms with van der Waals surface area (Å²) in [6.45, 7) is -0.427. The highest BCUT2D eigenvalue weighted by Gasteiger charge is 2.31. The second-order valence-corrected chi connectivity index (χ2v) is 9.82. The summed E-state index contributed by atoms with van der Waals surface area (Å²) in [5.41, 5.74) is 0.194. The van der Waals surface area contributed by atoms with Gasteiger partial charge in [-0.25, -0.2) is 4.98 Å². The predicted molar refractivity (Wildman–Crippen MR) is 131 cm³/mol. The molecule has 0 unspecified atom stereocenters. The van der Waals surface area contributed by atoms with Gasteiger partial charge in [0.05, 0.1) is 21.7 Å². The van der Waals surface area contributed by atoms with Gasteiger partial charge in [0.1, 0.15) is 17.2 Å².